The minimum atomic E-state index is -0.305. The van der Waals surface area contributed by atoms with E-state index in [1.165, 1.54) is 12.1 Å². The molecule has 0 saturated carbocycles. The van der Waals surface area contributed by atoms with E-state index in [4.69, 9.17) is 15.3 Å². The largest absolute Gasteiger partial charge is 0.377 e. The summed E-state index contributed by atoms with van der Waals surface area (Å²) in [5, 5.41) is 17.6. The van der Waals surface area contributed by atoms with Gasteiger partial charge in [0.25, 0.3) is 0 Å². The molecule has 0 bridgehead atoms. The van der Waals surface area contributed by atoms with Gasteiger partial charge in [-0.2, -0.15) is 10.5 Å². The van der Waals surface area contributed by atoms with Crippen LogP contribution >= 0.6 is 0 Å². The second kappa shape index (κ2) is 11.3. The number of hydrogen-bond donors (Lipinski definition) is 0. The van der Waals surface area contributed by atoms with E-state index >= 15 is 0 Å². The van der Waals surface area contributed by atoms with Gasteiger partial charge in [-0.3, -0.25) is 9.69 Å². The minimum absolute atomic E-state index is 0.0676. The zero-order valence-electron chi connectivity index (χ0n) is 15.4. The molecule has 6 nitrogen and oxygen atoms in total. The van der Waals surface area contributed by atoms with Gasteiger partial charge in [-0.1, -0.05) is 12.1 Å². The van der Waals surface area contributed by atoms with Gasteiger partial charge in [0.2, 0.25) is 5.91 Å². The average molecular weight is 372 g/mol. The topological polar surface area (TPSA) is 80.4 Å². The van der Waals surface area contributed by atoms with Gasteiger partial charge in [-0.15, -0.1) is 0 Å². The van der Waals surface area contributed by atoms with E-state index in [-0.39, 0.29) is 37.2 Å². The number of amides is 1. The number of ether oxygens (including phenoxy) is 1. The molecule has 1 aliphatic heterocycles. The van der Waals surface area contributed by atoms with Crippen LogP contribution in [0.5, 0.6) is 0 Å². The van der Waals surface area contributed by atoms with Crippen molar-refractivity contribution in [3.63, 3.8) is 0 Å². The predicted octanol–water partition coefficient (Wildman–Crippen LogP) is 2.46. The third-order valence-electron chi connectivity index (χ3n) is 4.48. The molecular formula is C20H25FN4O2. The number of benzene rings is 1. The average Bonchev–Trinajstić information content (AvgIpc) is 3.14. The van der Waals surface area contributed by atoms with Crippen LogP contribution in [0.2, 0.25) is 0 Å². The number of nitrogens with zero attached hydrogens (tertiary/aromatic N) is 4. The van der Waals surface area contributed by atoms with Crippen molar-refractivity contribution in [3.8, 4) is 12.1 Å². The molecule has 0 aliphatic carbocycles. The summed E-state index contributed by atoms with van der Waals surface area (Å²) in [6.07, 6.45) is 2.47. The van der Waals surface area contributed by atoms with Gasteiger partial charge in [0, 0.05) is 32.8 Å². The fourth-order valence-electron chi connectivity index (χ4n) is 3.18. The molecule has 2 rings (SSSR count). The van der Waals surface area contributed by atoms with Crippen LogP contribution in [-0.2, 0) is 16.1 Å². The monoisotopic (exact) mass is 372 g/mol. The van der Waals surface area contributed by atoms with E-state index in [0.717, 1.165) is 25.0 Å². The van der Waals surface area contributed by atoms with Gasteiger partial charge >= 0.3 is 0 Å². The summed E-state index contributed by atoms with van der Waals surface area (Å²) in [6, 6.07) is 10.4. The van der Waals surface area contributed by atoms with E-state index in [9.17, 15) is 9.18 Å². The Labute approximate surface area is 159 Å². The summed E-state index contributed by atoms with van der Waals surface area (Å²) in [5.41, 5.74) is 0.793. The Hall–Kier alpha value is -2.48. The van der Waals surface area contributed by atoms with Gasteiger partial charge < -0.3 is 9.64 Å². The van der Waals surface area contributed by atoms with Crippen molar-refractivity contribution >= 4 is 5.91 Å². The number of carbonyl (C=O) groups is 1. The van der Waals surface area contributed by atoms with Crippen molar-refractivity contribution in [1.29, 1.82) is 10.5 Å². The molecule has 1 heterocycles. The molecule has 1 amide bonds. The van der Waals surface area contributed by atoms with Crippen molar-refractivity contribution in [2.45, 2.75) is 38.3 Å². The van der Waals surface area contributed by atoms with Crippen LogP contribution < -0.4 is 0 Å². The zero-order valence-corrected chi connectivity index (χ0v) is 15.4. The smallest absolute Gasteiger partial charge is 0.236 e. The molecule has 1 atom stereocenters. The quantitative estimate of drug-likeness (QED) is 0.630. The molecule has 1 aromatic carbocycles. The van der Waals surface area contributed by atoms with Crippen molar-refractivity contribution in [2.24, 2.45) is 0 Å². The number of rotatable bonds is 10. The highest BCUT2D eigenvalue weighted by Crippen LogP contribution is 2.16. The second-order valence-electron chi connectivity index (χ2n) is 6.63. The SMILES string of the molecule is N#CCCN(CCC#N)C(=O)CN(Cc1cccc(F)c1)C[C@@H]1CCCO1. The van der Waals surface area contributed by atoms with E-state index in [0.29, 0.717) is 26.2 Å². The summed E-state index contributed by atoms with van der Waals surface area (Å²) >= 11 is 0. The molecule has 0 unspecified atom stereocenters. The number of hydrogen-bond acceptors (Lipinski definition) is 5. The maximum atomic E-state index is 13.5. The minimum Gasteiger partial charge on any atom is -0.377 e. The zero-order chi connectivity index (χ0) is 19.5. The Morgan fingerprint density at radius 2 is 2.00 bits per heavy atom. The van der Waals surface area contributed by atoms with Crippen LogP contribution in [0.25, 0.3) is 0 Å². The normalized spacial score (nSPS) is 16.1. The molecule has 27 heavy (non-hydrogen) atoms. The van der Waals surface area contributed by atoms with Crippen LogP contribution in [0.1, 0.15) is 31.2 Å². The highest BCUT2D eigenvalue weighted by atomic mass is 19.1. The first-order valence-electron chi connectivity index (χ1n) is 9.22. The van der Waals surface area contributed by atoms with E-state index in [1.807, 2.05) is 23.1 Å². The molecule has 1 aromatic rings. The molecule has 0 N–H and O–H groups in total. The Bertz CT molecular complexity index is 674. The highest BCUT2D eigenvalue weighted by molar-refractivity contribution is 5.78. The first-order chi connectivity index (χ1) is 13.1. The Morgan fingerprint density at radius 1 is 1.26 bits per heavy atom. The summed E-state index contributed by atoms with van der Waals surface area (Å²) in [7, 11) is 0. The first kappa shape index (κ1) is 20.8. The fourth-order valence-corrected chi connectivity index (χ4v) is 3.18. The van der Waals surface area contributed by atoms with Gasteiger partial charge in [0.15, 0.2) is 0 Å². The molecule has 1 fully saturated rings. The van der Waals surface area contributed by atoms with Crippen LogP contribution in [-0.4, -0.2) is 54.6 Å². The molecule has 7 heteroatoms. The Balaban J connectivity index is 2.04. The number of carbonyl (C=O) groups excluding carboxylic acids is 1. The van der Waals surface area contributed by atoms with E-state index < -0.39 is 0 Å². The lowest BCUT2D eigenvalue weighted by Crippen LogP contribution is -2.43. The van der Waals surface area contributed by atoms with Crippen LogP contribution in [0.4, 0.5) is 4.39 Å². The second-order valence-corrected chi connectivity index (χ2v) is 6.63. The molecule has 1 aliphatic rings. The standard InChI is InChI=1S/C20H25FN4O2/c21-18-6-1-5-17(13-18)14-24(15-19-7-2-12-27-19)16-20(26)25(10-3-8-22)11-4-9-23/h1,5-6,13,19H,2-4,7,10-12,14-16H2/t19-/m0/s1. The number of nitriles is 2. The summed E-state index contributed by atoms with van der Waals surface area (Å²) in [4.78, 5) is 16.3. The van der Waals surface area contributed by atoms with Gasteiger partial charge in [-0.05, 0) is 30.5 Å². The van der Waals surface area contributed by atoms with Crippen LogP contribution in [0.3, 0.4) is 0 Å². The summed E-state index contributed by atoms with van der Waals surface area (Å²) in [6.45, 7) is 2.52. The van der Waals surface area contributed by atoms with Crippen molar-refractivity contribution in [3.05, 3.63) is 35.6 Å². The lowest BCUT2D eigenvalue weighted by atomic mass is 10.1. The summed E-state index contributed by atoms with van der Waals surface area (Å²) < 4.78 is 19.2. The molecule has 0 spiro atoms. The highest BCUT2D eigenvalue weighted by Gasteiger charge is 2.23. The Kier molecular flexibility index (Phi) is 8.70. The molecular weight excluding hydrogens is 347 g/mol. The number of halogens is 1. The van der Waals surface area contributed by atoms with Crippen molar-refractivity contribution in [1.82, 2.24) is 9.80 Å². The van der Waals surface area contributed by atoms with Gasteiger partial charge in [-0.25, -0.2) is 4.39 Å². The predicted molar refractivity (Wildman–Crippen MR) is 97.7 cm³/mol. The third kappa shape index (κ3) is 7.34. The van der Waals surface area contributed by atoms with Crippen LogP contribution in [0, 0.1) is 28.5 Å². The van der Waals surface area contributed by atoms with Gasteiger partial charge in [0.1, 0.15) is 5.82 Å². The Morgan fingerprint density at radius 3 is 2.59 bits per heavy atom. The molecule has 0 aromatic heterocycles. The molecule has 1 saturated heterocycles. The van der Waals surface area contributed by atoms with Crippen molar-refractivity contribution in [2.75, 3.05) is 32.8 Å². The lowest BCUT2D eigenvalue weighted by molar-refractivity contribution is -0.132. The van der Waals surface area contributed by atoms with Gasteiger partial charge in [0.05, 0.1) is 37.6 Å². The van der Waals surface area contributed by atoms with Crippen LogP contribution in [0.15, 0.2) is 24.3 Å². The first-order valence-corrected chi connectivity index (χ1v) is 9.22. The van der Waals surface area contributed by atoms with E-state index in [2.05, 4.69) is 0 Å². The maximum absolute atomic E-state index is 13.5. The lowest BCUT2D eigenvalue weighted by Gasteiger charge is -2.28. The van der Waals surface area contributed by atoms with Crippen molar-refractivity contribution < 1.29 is 13.9 Å². The molecule has 0 radical (unpaired) electrons. The fraction of sp³-hybridized carbons (Fsp3) is 0.550. The summed E-state index contributed by atoms with van der Waals surface area (Å²) in [5.74, 6) is -0.435. The maximum Gasteiger partial charge on any atom is 0.236 e. The molecule has 144 valence electrons. The van der Waals surface area contributed by atoms with E-state index in [1.54, 1.807) is 11.0 Å². The third-order valence-corrected chi connectivity index (χ3v) is 4.48.